The van der Waals surface area contributed by atoms with Crippen molar-refractivity contribution in [3.63, 3.8) is 0 Å². The molecule has 0 heterocycles. The molecule has 21 heavy (non-hydrogen) atoms. The van der Waals surface area contributed by atoms with E-state index in [0.29, 0.717) is 12.2 Å². The second kappa shape index (κ2) is 6.18. The molecule has 2 aromatic rings. The quantitative estimate of drug-likeness (QED) is 0.908. The molecule has 0 fully saturated rings. The first-order valence-electron chi connectivity index (χ1n) is 6.54. The van der Waals surface area contributed by atoms with Gasteiger partial charge in [-0.1, -0.05) is 18.2 Å². The second-order valence-corrected chi connectivity index (χ2v) is 4.96. The maximum atomic E-state index is 12.6. The van der Waals surface area contributed by atoms with E-state index < -0.39 is 11.7 Å². The van der Waals surface area contributed by atoms with Gasteiger partial charge in [0, 0.05) is 6.04 Å². The number of benzene rings is 2. The first-order valence-corrected chi connectivity index (χ1v) is 6.54. The van der Waals surface area contributed by atoms with E-state index in [0.717, 1.165) is 17.7 Å². The molecule has 1 atom stereocenters. The van der Waals surface area contributed by atoms with Crippen molar-refractivity contribution in [2.45, 2.75) is 25.6 Å². The van der Waals surface area contributed by atoms with Crippen molar-refractivity contribution in [3.05, 3.63) is 59.7 Å². The molecule has 2 aromatic carbocycles. The highest BCUT2D eigenvalue weighted by molar-refractivity contribution is 5.36. The van der Waals surface area contributed by atoms with Crippen LogP contribution in [0.3, 0.4) is 0 Å². The second-order valence-electron chi connectivity index (χ2n) is 4.96. The van der Waals surface area contributed by atoms with Crippen LogP contribution in [0.1, 0.15) is 18.1 Å². The highest BCUT2D eigenvalue weighted by Gasteiger charge is 2.30. The van der Waals surface area contributed by atoms with Crippen LogP contribution in [0.25, 0.3) is 0 Å². The van der Waals surface area contributed by atoms with Crippen molar-refractivity contribution in [1.82, 2.24) is 0 Å². The van der Waals surface area contributed by atoms with Crippen LogP contribution in [0.5, 0.6) is 11.5 Å². The normalized spacial score (nSPS) is 13.0. The van der Waals surface area contributed by atoms with Gasteiger partial charge >= 0.3 is 6.18 Å². The number of hydrogen-bond acceptors (Lipinski definition) is 2. The number of rotatable bonds is 4. The molecule has 5 heteroatoms. The Bertz CT molecular complexity index is 608. The van der Waals surface area contributed by atoms with Crippen LogP contribution in [0, 0.1) is 0 Å². The highest BCUT2D eigenvalue weighted by Crippen LogP contribution is 2.32. The van der Waals surface area contributed by atoms with Gasteiger partial charge in [0.1, 0.15) is 11.5 Å². The van der Waals surface area contributed by atoms with Crippen LogP contribution in [-0.4, -0.2) is 6.04 Å². The molecule has 0 amide bonds. The summed E-state index contributed by atoms with van der Waals surface area (Å²) in [6, 6.07) is 12.0. The van der Waals surface area contributed by atoms with E-state index >= 15 is 0 Å². The summed E-state index contributed by atoms with van der Waals surface area (Å²) in [6.07, 6.45) is -3.70. The lowest BCUT2D eigenvalue weighted by Crippen LogP contribution is -2.17. The molecule has 0 spiro atoms. The van der Waals surface area contributed by atoms with Crippen molar-refractivity contribution >= 4 is 0 Å². The molecule has 2 nitrogen and oxygen atoms in total. The Hall–Kier alpha value is -2.01. The number of halogens is 3. The topological polar surface area (TPSA) is 35.2 Å². The molecule has 0 aliphatic rings. The predicted octanol–water partition coefficient (Wildman–Crippen LogP) is 4.39. The predicted molar refractivity (Wildman–Crippen MR) is 75.3 cm³/mol. The number of alkyl halides is 3. The Morgan fingerprint density at radius 1 is 1.05 bits per heavy atom. The molecular weight excluding hydrogens is 279 g/mol. The average Bonchev–Trinajstić information content (AvgIpc) is 2.37. The Labute approximate surface area is 121 Å². The standard InChI is InChI=1S/C16H16F3NO/c1-11(20)8-12-4-2-6-14(9-12)21-15-7-3-5-13(10-15)16(17,18)19/h2-7,9-11H,8,20H2,1H3. The summed E-state index contributed by atoms with van der Waals surface area (Å²) in [5, 5.41) is 0. The van der Waals surface area contributed by atoms with Crippen LogP contribution < -0.4 is 10.5 Å². The van der Waals surface area contributed by atoms with Gasteiger partial charge in [0.25, 0.3) is 0 Å². The summed E-state index contributed by atoms with van der Waals surface area (Å²) in [5.74, 6) is 0.648. The van der Waals surface area contributed by atoms with Crippen LogP contribution in [0.2, 0.25) is 0 Å². The summed E-state index contributed by atoms with van der Waals surface area (Å²) in [6.45, 7) is 1.89. The van der Waals surface area contributed by atoms with Crippen molar-refractivity contribution in [1.29, 1.82) is 0 Å². The lowest BCUT2D eigenvalue weighted by atomic mass is 10.1. The third kappa shape index (κ3) is 4.49. The Kier molecular flexibility index (Phi) is 4.53. The van der Waals surface area contributed by atoms with Crippen molar-refractivity contribution < 1.29 is 17.9 Å². The van der Waals surface area contributed by atoms with Crippen molar-refractivity contribution in [3.8, 4) is 11.5 Å². The molecule has 2 N–H and O–H groups in total. The van der Waals surface area contributed by atoms with E-state index in [4.69, 9.17) is 10.5 Å². The van der Waals surface area contributed by atoms with Crippen molar-refractivity contribution in [2.75, 3.05) is 0 Å². The number of hydrogen-bond donors (Lipinski definition) is 1. The van der Waals surface area contributed by atoms with Gasteiger partial charge in [0.05, 0.1) is 5.56 Å². The molecule has 0 bridgehead atoms. The van der Waals surface area contributed by atoms with Gasteiger partial charge in [0.15, 0.2) is 0 Å². The molecule has 1 unspecified atom stereocenters. The van der Waals surface area contributed by atoms with E-state index in [-0.39, 0.29) is 11.8 Å². The molecule has 0 aromatic heterocycles. The summed E-state index contributed by atoms with van der Waals surface area (Å²) >= 11 is 0. The minimum Gasteiger partial charge on any atom is -0.457 e. The summed E-state index contributed by atoms with van der Waals surface area (Å²) in [7, 11) is 0. The fraction of sp³-hybridized carbons (Fsp3) is 0.250. The monoisotopic (exact) mass is 295 g/mol. The van der Waals surface area contributed by atoms with Gasteiger partial charge in [-0.05, 0) is 49.2 Å². The van der Waals surface area contributed by atoms with E-state index in [1.54, 1.807) is 18.2 Å². The first-order chi connectivity index (χ1) is 9.84. The SMILES string of the molecule is CC(N)Cc1cccc(Oc2cccc(C(F)(F)F)c2)c1. The number of ether oxygens (including phenoxy) is 1. The fourth-order valence-corrected chi connectivity index (χ4v) is 1.98. The van der Waals surface area contributed by atoms with Gasteiger partial charge < -0.3 is 10.5 Å². The zero-order valence-electron chi connectivity index (χ0n) is 11.5. The van der Waals surface area contributed by atoms with E-state index in [9.17, 15) is 13.2 Å². The molecule has 0 aliphatic carbocycles. The molecule has 0 saturated heterocycles. The summed E-state index contributed by atoms with van der Waals surface area (Å²) in [5.41, 5.74) is 5.98. The van der Waals surface area contributed by atoms with E-state index in [1.807, 2.05) is 13.0 Å². The molecule has 0 aliphatic heterocycles. The largest absolute Gasteiger partial charge is 0.457 e. The Morgan fingerprint density at radius 2 is 1.67 bits per heavy atom. The molecule has 112 valence electrons. The Balaban J connectivity index is 2.18. The fourth-order valence-electron chi connectivity index (χ4n) is 1.98. The average molecular weight is 295 g/mol. The summed E-state index contributed by atoms with van der Waals surface area (Å²) in [4.78, 5) is 0. The van der Waals surface area contributed by atoms with Crippen LogP contribution in [-0.2, 0) is 12.6 Å². The smallest absolute Gasteiger partial charge is 0.416 e. The van der Waals surface area contributed by atoms with Gasteiger partial charge in [-0.15, -0.1) is 0 Å². The van der Waals surface area contributed by atoms with Gasteiger partial charge in [-0.2, -0.15) is 13.2 Å². The first kappa shape index (κ1) is 15.4. The minimum atomic E-state index is -4.38. The number of nitrogens with two attached hydrogens (primary N) is 1. The van der Waals surface area contributed by atoms with E-state index in [2.05, 4.69) is 0 Å². The van der Waals surface area contributed by atoms with E-state index in [1.165, 1.54) is 12.1 Å². The zero-order valence-corrected chi connectivity index (χ0v) is 11.5. The maximum absolute atomic E-state index is 12.6. The molecule has 0 saturated carbocycles. The lowest BCUT2D eigenvalue weighted by molar-refractivity contribution is -0.137. The van der Waals surface area contributed by atoms with Crippen LogP contribution >= 0.6 is 0 Å². The maximum Gasteiger partial charge on any atom is 0.416 e. The molecule has 2 rings (SSSR count). The third-order valence-corrected chi connectivity index (χ3v) is 2.85. The third-order valence-electron chi connectivity index (χ3n) is 2.85. The van der Waals surface area contributed by atoms with Crippen LogP contribution in [0.15, 0.2) is 48.5 Å². The van der Waals surface area contributed by atoms with Gasteiger partial charge in [-0.3, -0.25) is 0 Å². The van der Waals surface area contributed by atoms with Crippen LogP contribution in [0.4, 0.5) is 13.2 Å². The molecule has 0 radical (unpaired) electrons. The minimum absolute atomic E-state index is 0.00815. The zero-order chi connectivity index (χ0) is 15.5. The van der Waals surface area contributed by atoms with Gasteiger partial charge in [-0.25, -0.2) is 0 Å². The lowest BCUT2D eigenvalue weighted by Gasteiger charge is -2.11. The van der Waals surface area contributed by atoms with Crippen molar-refractivity contribution in [2.24, 2.45) is 5.73 Å². The molecular formula is C16H16F3NO. The summed E-state index contributed by atoms with van der Waals surface area (Å²) < 4.78 is 43.4. The van der Waals surface area contributed by atoms with Gasteiger partial charge in [0.2, 0.25) is 0 Å². The Morgan fingerprint density at radius 3 is 2.29 bits per heavy atom. The highest BCUT2D eigenvalue weighted by atomic mass is 19.4.